The summed E-state index contributed by atoms with van der Waals surface area (Å²) in [7, 11) is 0. The Labute approximate surface area is 156 Å². The topological polar surface area (TPSA) is 66.5 Å². The van der Waals surface area contributed by atoms with Crippen LogP contribution in [0.25, 0.3) is 0 Å². The summed E-state index contributed by atoms with van der Waals surface area (Å²) in [5.74, 6) is -0.793. The molecule has 3 amide bonds. The number of nitrogens with one attached hydrogen (secondary N) is 1. The van der Waals surface area contributed by atoms with E-state index in [1.807, 2.05) is 19.1 Å². The Bertz CT molecular complexity index is 894. The number of halogens is 1. The van der Waals surface area contributed by atoms with Gasteiger partial charge in [0.1, 0.15) is 11.6 Å². The van der Waals surface area contributed by atoms with Crippen molar-refractivity contribution in [3.63, 3.8) is 0 Å². The average molecular weight is 371 g/mol. The maximum Gasteiger partial charge on any atom is 0.325 e. The fourth-order valence-electron chi connectivity index (χ4n) is 3.10. The highest BCUT2D eigenvalue weighted by atomic mass is 35.5. The van der Waals surface area contributed by atoms with E-state index >= 15 is 0 Å². The Hall–Kier alpha value is -2.66. The summed E-state index contributed by atoms with van der Waals surface area (Å²) in [5.41, 5.74) is 0.879. The molecule has 3 rings (SSSR count). The van der Waals surface area contributed by atoms with Gasteiger partial charge in [-0.15, -0.1) is 0 Å². The molecule has 26 heavy (non-hydrogen) atoms. The zero-order valence-electron chi connectivity index (χ0n) is 14.7. The standard InChI is InChI=1S/C20H19ClN2O3/c1-12-7-9-15(10-8-12)20(3)18(25)23(19(26)22-20)13(2)17(24)14-5-4-6-16(21)11-14/h4-11,13H,1-3H3,(H,22,26)/t13-,20+/m1/s1. The predicted octanol–water partition coefficient (Wildman–Crippen LogP) is 3.69. The zero-order chi connectivity index (χ0) is 19.1. The lowest BCUT2D eigenvalue weighted by Gasteiger charge is -2.24. The number of hydrogen-bond acceptors (Lipinski definition) is 3. The van der Waals surface area contributed by atoms with E-state index < -0.39 is 23.5 Å². The SMILES string of the molecule is Cc1ccc([C@]2(C)NC(=O)N([C@H](C)C(=O)c3cccc(Cl)c3)C2=O)cc1. The molecule has 2 atom stereocenters. The van der Waals surface area contributed by atoms with E-state index in [4.69, 9.17) is 11.6 Å². The van der Waals surface area contributed by atoms with Crippen LogP contribution >= 0.6 is 11.6 Å². The van der Waals surface area contributed by atoms with Crippen LogP contribution in [0.15, 0.2) is 48.5 Å². The number of imide groups is 1. The lowest BCUT2D eigenvalue weighted by atomic mass is 9.91. The Balaban J connectivity index is 1.91. The van der Waals surface area contributed by atoms with Crippen molar-refractivity contribution in [1.29, 1.82) is 0 Å². The van der Waals surface area contributed by atoms with Gasteiger partial charge in [-0.1, -0.05) is 53.6 Å². The highest BCUT2D eigenvalue weighted by Gasteiger charge is 2.51. The van der Waals surface area contributed by atoms with Gasteiger partial charge < -0.3 is 5.32 Å². The smallest absolute Gasteiger partial charge is 0.319 e. The average Bonchev–Trinajstić information content (AvgIpc) is 2.84. The molecule has 0 aromatic heterocycles. The van der Waals surface area contributed by atoms with Gasteiger partial charge in [-0.25, -0.2) is 4.79 Å². The third-order valence-electron chi connectivity index (χ3n) is 4.73. The number of nitrogens with zero attached hydrogens (tertiary/aromatic N) is 1. The highest BCUT2D eigenvalue weighted by Crippen LogP contribution is 2.31. The highest BCUT2D eigenvalue weighted by molar-refractivity contribution is 6.31. The van der Waals surface area contributed by atoms with E-state index in [1.165, 1.54) is 6.07 Å². The van der Waals surface area contributed by atoms with Crippen LogP contribution in [0, 0.1) is 6.92 Å². The monoisotopic (exact) mass is 370 g/mol. The molecule has 2 aromatic rings. The number of benzene rings is 2. The number of amides is 3. The molecule has 0 aliphatic carbocycles. The van der Waals surface area contributed by atoms with Crippen LogP contribution in [0.2, 0.25) is 5.02 Å². The first kappa shape index (κ1) is 18.1. The van der Waals surface area contributed by atoms with E-state index in [2.05, 4.69) is 5.32 Å². The van der Waals surface area contributed by atoms with Crippen molar-refractivity contribution in [2.24, 2.45) is 0 Å². The molecule has 1 aliphatic rings. The molecule has 5 nitrogen and oxygen atoms in total. The van der Waals surface area contributed by atoms with Crippen molar-refractivity contribution in [2.45, 2.75) is 32.4 Å². The van der Waals surface area contributed by atoms with Crippen molar-refractivity contribution in [2.75, 3.05) is 0 Å². The minimum Gasteiger partial charge on any atom is -0.319 e. The summed E-state index contributed by atoms with van der Waals surface area (Å²) in [5, 5.41) is 3.14. The van der Waals surface area contributed by atoms with E-state index in [0.29, 0.717) is 16.1 Å². The van der Waals surface area contributed by atoms with Gasteiger partial charge >= 0.3 is 6.03 Å². The molecule has 6 heteroatoms. The fourth-order valence-corrected chi connectivity index (χ4v) is 3.29. The summed E-state index contributed by atoms with van der Waals surface area (Å²) in [4.78, 5) is 39.3. The number of urea groups is 1. The van der Waals surface area contributed by atoms with Gasteiger partial charge in [0.15, 0.2) is 5.78 Å². The van der Waals surface area contributed by atoms with E-state index in [1.54, 1.807) is 44.2 Å². The summed E-state index contributed by atoms with van der Waals surface area (Å²) in [6.07, 6.45) is 0. The van der Waals surface area contributed by atoms with E-state index in [0.717, 1.165) is 10.5 Å². The lowest BCUT2D eigenvalue weighted by Crippen LogP contribution is -2.45. The Morgan fingerprint density at radius 1 is 1.15 bits per heavy atom. The number of hydrogen-bond donors (Lipinski definition) is 1. The molecular formula is C20H19ClN2O3. The predicted molar refractivity (Wildman–Crippen MR) is 99.2 cm³/mol. The summed E-state index contributed by atoms with van der Waals surface area (Å²) in [6, 6.07) is 12.3. The lowest BCUT2D eigenvalue weighted by molar-refractivity contribution is -0.131. The minimum absolute atomic E-state index is 0.343. The molecule has 1 heterocycles. The molecule has 0 radical (unpaired) electrons. The first-order valence-corrected chi connectivity index (χ1v) is 8.64. The van der Waals surface area contributed by atoms with Crippen LogP contribution in [0.5, 0.6) is 0 Å². The van der Waals surface area contributed by atoms with Gasteiger partial charge in [0.25, 0.3) is 5.91 Å². The maximum absolute atomic E-state index is 13.0. The first-order chi connectivity index (χ1) is 12.2. The third-order valence-corrected chi connectivity index (χ3v) is 4.96. The number of rotatable bonds is 4. The second-order valence-corrected chi connectivity index (χ2v) is 7.08. The molecule has 134 valence electrons. The second-order valence-electron chi connectivity index (χ2n) is 6.65. The molecule has 1 saturated heterocycles. The van der Waals surface area contributed by atoms with Crippen LogP contribution in [-0.2, 0) is 10.3 Å². The second kappa shape index (κ2) is 6.57. The largest absolute Gasteiger partial charge is 0.325 e. The van der Waals surface area contributed by atoms with Gasteiger partial charge in [-0.05, 0) is 38.5 Å². The molecule has 2 aromatic carbocycles. The Kier molecular flexibility index (Phi) is 4.59. The number of Topliss-reactive ketones (excluding diaryl/α,β-unsaturated/α-hetero) is 1. The van der Waals surface area contributed by atoms with Gasteiger partial charge in [-0.3, -0.25) is 14.5 Å². The molecule has 0 unspecified atom stereocenters. The van der Waals surface area contributed by atoms with Crippen LogP contribution in [-0.4, -0.2) is 28.7 Å². The number of aryl methyl sites for hydroxylation is 1. The van der Waals surface area contributed by atoms with Crippen LogP contribution in [0.3, 0.4) is 0 Å². The summed E-state index contributed by atoms with van der Waals surface area (Å²) in [6.45, 7) is 5.13. The number of carbonyl (C=O) groups is 3. The fraction of sp³-hybridized carbons (Fsp3) is 0.250. The molecule has 1 fully saturated rings. The molecule has 0 bridgehead atoms. The Morgan fingerprint density at radius 3 is 2.42 bits per heavy atom. The minimum atomic E-state index is -1.20. The Morgan fingerprint density at radius 2 is 1.81 bits per heavy atom. The molecular weight excluding hydrogens is 352 g/mol. The van der Waals surface area contributed by atoms with E-state index in [9.17, 15) is 14.4 Å². The van der Waals surface area contributed by atoms with Gasteiger partial charge in [0.2, 0.25) is 0 Å². The third kappa shape index (κ3) is 2.99. The van der Waals surface area contributed by atoms with Crippen molar-refractivity contribution < 1.29 is 14.4 Å². The van der Waals surface area contributed by atoms with Gasteiger partial charge in [0, 0.05) is 10.6 Å². The van der Waals surface area contributed by atoms with Crippen LogP contribution < -0.4 is 5.32 Å². The number of carbonyl (C=O) groups excluding carboxylic acids is 3. The maximum atomic E-state index is 13.0. The van der Waals surface area contributed by atoms with Crippen LogP contribution in [0.4, 0.5) is 4.79 Å². The molecule has 1 aliphatic heterocycles. The first-order valence-electron chi connectivity index (χ1n) is 8.27. The quantitative estimate of drug-likeness (QED) is 0.659. The van der Waals surface area contributed by atoms with Crippen molar-refractivity contribution >= 4 is 29.3 Å². The number of ketones is 1. The summed E-state index contributed by atoms with van der Waals surface area (Å²) < 4.78 is 0. The molecule has 0 spiro atoms. The van der Waals surface area contributed by atoms with Gasteiger partial charge in [0.05, 0.1) is 0 Å². The van der Waals surface area contributed by atoms with Gasteiger partial charge in [-0.2, -0.15) is 0 Å². The van der Waals surface area contributed by atoms with Crippen molar-refractivity contribution in [1.82, 2.24) is 10.2 Å². The zero-order valence-corrected chi connectivity index (χ0v) is 15.5. The molecule has 0 saturated carbocycles. The van der Waals surface area contributed by atoms with Crippen molar-refractivity contribution in [3.8, 4) is 0 Å². The molecule has 1 N–H and O–H groups in total. The van der Waals surface area contributed by atoms with Crippen LogP contribution in [0.1, 0.15) is 35.3 Å². The van der Waals surface area contributed by atoms with Crippen molar-refractivity contribution in [3.05, 3.63) is 70.2 Å². The summed E-state index contributed by atoms with van der Waals surface area (Å²) >= 11 is 5.94. The van der Waals surface area contributed by atoms with E-state index in [-0.39, 0.29) is 5.78 Å². The normalized spacial score (nSPS) is 20.8.